The second-order valence-corrected chi connectivity index (χ2v) is 7.50. The minimum Gasteiger partial charge on any atom is -0.486 e. The molecular weight excluding hydrogens is 384 g/mol. The highest BCUT2D eigenvalue weighted by Crippen LogP contribution is 2.39. The summed E-state index contributed by atoms with van der Waals surface area (Å²) >= 11 is 0. The molecule has 152 valence electrons. The number of hydrogen-bond acceptors (Lipinski definition) is 5. The van der Waals surface area contributed by atoms with Crippen LogP contribution < -0.4 is 18.9 Å². The van der Waals surface area contributed by atoms with E-state index in [1.165, 1.54) is 0 Å². The minimum absolute atomic E-state index is 0.0411. The Kier molecular flexibility index (Phi) is 3.87. The maximum atomic E-state index is 13.6. The summed E-state index contributed by atoms with van der Waals surface area (Å²) in [6, 6.07) is 15.2. The number of amides is 1. The first-order chi connectivity index (χ1) is 14.8. The van der Waals surface area contributed by atoms with Crippen molar-refractivity contribution >= 4 is 5.91 Å². The van der Waals surface area contributed by atoms with Gasteiger partial charge in [0.2, 0.25) is 6.79 Å². The standard InChI is InChI=1S/C23H20N2O5/c26-23(16-4-6-19-21(13-16)30-14-29-19)25-9-8-24-7-1-2-17(24)22(25)15-3-5-18-20(12-15)28-11-10-27-18/h1-7,12-13,22H,8-11,14H2. The van der Waals surface area contributed by atoms with Gasteiger partial charge >= 0.3 is 0 Å². The van der Waals surface area contributed by atoms with E-state index < -0.39 is 0 Å². The molecule has 1 aromatic heterocycles. The van der Waals surface area contributed by atoms with Gasteiger partial charge in [-0.05, 0) is 48.0 Å². The summed E-state index contributed by atoms with van der Waals surface area (Å²) in [6.45, 7) is 2.61. The molecule has 0 bridgehead atoms. The Morgan fingerprint density at radius 3 is 2.53 bits per heavy atom. The molecule has 0 fully saturated rings. The average Bonchev–Trinajstić information content (AvgIpc) is 3.46. The molecule has 0 saturated carbocycles. The summed E-state index contributed by atoms with van der Waals surface area (Å²) in [5, 5.41) is 0. The van der Waals surface area contributed by atoms with Crippen LogP contribution in [0, 0.1) is 0 Å². The largest absolute Gasteiger partial charge is 0.486 e. The number of carbonyl (C=O) groups is 1. The molecule has 0 radical (unpaired) electrons. The van der Waals surface area contributed by atoms with Crippen LogP contribution in [0.5, 0.6) is 23.0 Å². The highest BCUT2D eigenvalue weighted by molar-refractivity contribution is 5.95. The third kappa shape index (κ3) is 2.69. The van der Waals surface area contributed by atoms with Crippen LogP contribution in [0.4, 0.5) is 0 Å². The number of nitrogens with zero attached hydrogens (tertiary/aromatic N) is 2. The predicted molar refractivity (Wildman–Crippen MR) is 107 cm³/mol. The molecule has 6 rings (SSSR count). The zero-order chi connectivity index (χ0) is 20.1. The van der Waals surface area contributed by atoms with Gasteiger partial charge in [-0.2, -0.15) is 0 Å². The van der Waals surface area contributed by atoms with Crippen molar-refractivity contribution in [1.82, 2.24) is 9.47 Å². The number of hydrogen-bond donors (Lipinski definition) is 0. The van der Waals surface area contributed by atoms with Crippen LogP contribution in [0.25, 0.3) is 0 Å². The van der Waals surface area contributed by atoms with Crippen molar-refractivity contribution in [2.24, 2.45) is 0 Å². The van der Waals surface area contributed by atoms with Crippen LogP contribution in [-0.4, -0.2) is 41.9 Å². The van der Waals surface area contributed by atoms with Gasteiger partial charge in [-0.1, -0.05) is 6.07 Å². The molecule has 0 saturated heterocycles. The summed E-state index contributed by atoms with van der Waals surface area (Å²) in [5.41, 5.74) is 2.65. The summed E-state index contributed by atoms with van der Waals surface area (Å²) < 4.78 is 24.5. The molecule has 0 spiro atoms. The molecule has 7 heteroatoms. The van der Waals surface area contributed by atoms with E-state index >= 15 is 0 Å². The summed E-state index contributed by atoms with van der Waals surface area (Å²) in [4.78, 5) is 15.5. The fraction of sp³-hybridized carbons (Fsp3) is 0.261. The van der Waals surface area contributed by atoms with E-state index in [2.05, 4.69) is 16.8 Å². The summed E-state index contributed by atoms with van der Waals surface area (Å²) in [7, 11) is 0. The lowest BCUT2D eigenvalue weighted by molar-refractivity contribution is 0.0663. The van der Waals surface area contributed by atoms with Crippen LogP contribution in [0.2, 0.25) is 0 Å². The molecule has 1 atom stereocenters. The van der Waals surface area contributed by atoms with Crippen LogP contribution >= 0.6 is 0 Å². The molecule has 0 N–H and O–H groups in total. The molecule has 3 aliphatic rings. The number of ether oxygens (including phenoxy) is 4. The highest BCUT2D eigenvalue weighted by atomic mass is 16.7. The van der Waals surface area contributed by atoms with Gasteiger partial charge in [0, 0.05) is 30.5 Å². The fourth-order valence-corrected chi connectivity index (χ4v) is 4.38. The number of fused-ring (bicyclic) bond motifs is 3. The number of benzene rings is 2. The van der Waals surface area contributed by atoms with Gasteiger partial charge < -0.3 is 28.4 Å². The van der Waals surface area contributed by atoms with Crippen molar-refractivity contribution in [1.29, 1.82) is 0 Å². The van der Waals surface area contributed by atoms with Gasteiger partial charge in [-0.15, -0.1) is 0 Å². The SMILES string of the molecule is O=C(c1ccc2c(c1)OCO2)N1CCn2cccc2C1c1ccc2c(c1)OCCO2. The van der Waals surface area contributed by atoms with Crippen molar-refractivity contribution in [3.63, 3.8) is 0 Å². The molecule has 1 amide bonds. The van der Waals surface area contributed by atoms with Gasteiger partial charge in [0.1, 0.15) is 13.2 Å². The quantitative estimate of drug-likeness (QED) is 0.656. The third-order valence-corrected chi connectivity index (χ3v) is 5.80. The topological polar surface area (TPSA) is 62.2 Å². The van der Waals surface area contributed by atoms with Gasteiger partial charge in [-0.3, -0.25) is 4.79 Å². The van der Waals surface area contributed by atoms with E-state index in [0.29, 0.717) is 36.8 Å². The highest BCUT2D eigenvalue weighted by Gasteiger charge is 2.34. The Balaban J connectivity index is 1.41. The van der Waals surface area contributed by atoms with E-state index in [1.807, 2.05) is 29.2 Å². The Labute approximate surface area is 173 Å². The van der Waals surface area contributed by atoms with Crippen LogP contribution in [0.1, 0.15) is 27.7 Å². The monoisotopic (exact) mass is 404 g/mol. The minimum atomic E-state index is -0.220. The summed E-state index contributed by atoms with van der Waals surface area (Å²) in [5.74, 6) is 2.70. The first-order valence-electron chi connectivity index (χ1n) is 10.0. The van der Waals surface area contributed by atoms with E-state index in [-0.39, 0.29) is 18.7 Å². The summed E-state index contributed by atoms with van der Waals surface area (Å²) in [6.07, 6.45) is 2.06. The van der Waals surface area contributed by atoms with Gasteiger partial charge in [0.15, 0.2) is 23.0 Å². The molecule has 30 heavy (non-hydrogen) atoms. The number of aromatic nitrogens is 1. The Bertz CT molecular complexity index is 1140. The van der Waals surface area contributed by atoms with Gasteiger partial charge in [0.25, 0.3) is 5.91 Å². The lowest BCUT2D eigenvalue weighted by Gasteiger charge is -2.37. The lowest BCUT2D eigenvalue weighted by Crippen LogP contribution is -2.42. The van der Waals surface area contributed by atoms with Crippen LogP contribution in [0.15, 0.2) is 54.7 Å². The molecule has 3 aromatic rings. The molecule has 0 aliphatic carbocycles. The smallest absolute Gasteiger partial charge is 0.254 e. The number of carbonyl (C=O) groups excluding carboxylic acids is 1. The van der Waals surface area contributed by atoms with Gasteiger partial charge in [0.05, 0.1) is 6.04 Å². The average molecular weight is 404 g/mol. The molecule has 4 heterocycles. The molecule has 3 aliphatic heterocycles. The van der Waals surface area contributed by atoms with E-state index in [1.54, 1.807) is 18.2 Å². The lowest BCUT2D eigenvalue weighted by atomic mass is 9.98. The van der Waals surface area contributed by atoms with Crippen molar-refractivity contribution < 1.29 is 23.7 Å². The Hall–Kier alpha value is -3.61. The second kappa shape index (κ2) is 6.73. The first kappa shape index (κ1) is 17.3. The number of rotatable bonds is 2. The molecular formula is C23H20N2O5. The van der Waals surface area contributed by atoms with E-state index in [4.69, 9.17) is 18.9 Å². The van der Waals surface area contributed by atoms with Crippen molar-refractivity contribution in [2.75, 3.05) is 26.6 Å². The van der Waals surface area contributed by atoms with E-state index in [0.717, 1.165) is 29.3 Å². The molecule has 1 unspecified atom stereocenters. The first-order valence-corrected chi connectivity index (χ1v) is 10.0. The maximum Gasteiger partial charge on any atom is 0.254 e. The zero-order valence-electron chi connectivity index (χ0n) is 16.2. The third-order valence-electron chi connectivity index (χ3n) is 5.80. The van der Waals surface area contributed by atoms with Gasteiger partial charge in [-0.25, -0.2) is 0 Å². The second-order valence-electron chi connectivity index (χ2n) is 7.50. The van der Waals surface area contributed by atoms with E-state index in [9.17, 15) is 4.79 Å². The maximum absolute atomic E-state index is 13.6. The van der Waals surface area contributed by atoms with Crippen molar-refractivity contribution in [2.45, 2.75) is 12.6 Å². The van der Waals surface area contributed by atoms with Crippen molar-refractivity contribution in [3.05, 3.63) is 71.5 Å². The molecule has 2 aromatic carbocycles. The molecule has 7 nitrogen and oxygen atoms in total. The van der Waals surface area contributed by atoms with Crippen molar-refractivity contribution in [3.8, 4) is 23.0 Å². The normalized spacial score (nSPS) is 18.8. The zero-order valence-corrected chi connectivity index (χ0v) is 16.2. The van der Waals surface area contributed by atoms with Crippen LogP contribution in [0.3, 0.4) is 0 Å². The predicted octanol–water partition coefficient (Wildman–Crippen LogP) is 3.23. The Morgan fingerprint density at radius 2 is 1.60 bits per heavy atom. The van der Waals surface area contributed by atoms with Crippen LogP contribution in [-0.2, 0) is 6.54 Å². The fourth-order valence-electron chi connectivity index (χ4n) is 4.38. The Morgan fingerprint density at radius 1 is 0.833 bits per heavy atom.